The van der Waals surface area contributed by atoms with Gasteiger partial charge in [-0.1, -0.05) is 19.4 Å². The van der Waals surface area contributed by atoms with Gasteiger partial charge in [-0.25, -0.2) is 13.1 Å². The molecule has 0 aliphatic rings. The van der Waals surface area contributed by atoms with Crippen molar-refractivity contribution < 1.29 is 13.5 Å². The molecule has 0 aliphatic carbocycles. The highest BCUT2D eigenvalue weighted by Crippen LogP contribution is 2.16. The SMILES string of the molecule is CCCC(C)NS(=O)(=O)c1ccc(C)c(CO)c1. The molecule has 1 atom stereocenters. The van der Waals surface area contributed by atoms with E-state index >= 15 is 0 Å². The maximum absolute atomic E-state index is 12.1. The van der Waals surface area contributed by atoms with Gasteiger partial charge < -0.3 is 5.11 Å². The minimum atomic E-state index is -3.49. The van der Waals surface area contributed by atoms with Crippen LogP contribution in [0, 0.1) is 6.92 Å². The molecule has 0 aliphatic heterocycles. The van der Waals surface area contributed by atoms with E-state index in [1.165, 1.54) is 6.07 Å². The van der Waals surface area contributed by atoms with Crippen molar-refractivity contribution in [2.24, 2.45) is 0 Å². The van der Waals surface area contributed by atoms with E-state index in [1.807, 2.05) is 20.8 Å². The van der Waals surface area contributed by atoms with E-state index in [0.717, 1.165) is 18.4 Å². The average molecular weight is 271 g/mol. The molecule has 102 valence electrons. The van der Waals surface area contributed by atoms with Gasteiger partial charge in [0, 0.05) is 6.04 Å². The fourth-order valence-corrected chi connectivity index (χ4v) is 3.14. The van der Waals surface area contributed by atoms with Gasteiger partial charge >= 0.3 is 0 Å². The van der Waals surface area contributed by atoms with Crippen LogP contribution in [0.4, 0.5) is 0 Å². The van der Waals surface area contributed by atoms with Crippen molar-refractivity contribution in [1.29, 1.82) is 0 Å². The number of aliphatic hydroxyl groups is 1. The molecule has 0 saturated carbocycles. The summed E-state index contributed by atoms with van der Waals surface area (Å²) in [5.41, 5.74) is 1.53. The summed E-state index contributed by atoms with van der Waals surface area (Å²) in [6.07, 6.45) is 1.73. The molecular formula is C13H21NO3S. The van der Waals surface area contributed by atoms with Gasteiger partial charge in [-0.3, -0.25) is 0 Å². The molecule has 4 nitrogen and oxygen atoms in total. The Morgan fingerprint density at radius 3 is 2.61 bits per heavy atom. The molecule has 1 unspecified atom stereocenters. The first-order valence-corrected chi connectivity index (χ1v) is 7.61. The molecule has 5 heteroatoms. The van der Waals surface area contributed by atoms with Crippen LogP contribution in [0.1, 0.15) is 37.8 Å². The van der Waals surface area contributed by atoms with Crippen LogP contribution >= 0.6 is 0 Å². The molecule has 18 heavy (non-hydrogen) atoms. The lowest BCUT2D eigenvalue weighted by Gasteiger charge is -2.14. The maximum Gasteiger partial charge on any atom is 0.240 e. The lowest BCUT2D eigenvalue weighted by molar-refractivity contribution is 0.280. The largest absolute Gasteiger partial charge is 0.392 e. The Balaban J connectivity index is 2.98. The van der Waals surface area contributed by atoms with Gasteiger partial charge in [0.2, 0.25) is 10.0 Å². The van der Waals surface area contributed by atoms with Crippen LogP contribution < -0.4 is 4.72 Å². The smallest absolute Gasteiger partial charge is 0.240 e. The zero-order valence-corrected chi connectivity index (χ0v) is 11.9. The van der Waals surface area contributed by atoms with Crippen LogP contribution in [0.3, 0.4) is 0 Å². The van der Waals surface area contributed by atoms with Gasteiger partial charge in [0.1, 0.15) is 0 Å². The quantitative estimate of drug-likeness (QED) is 0.831. The Hall–Kier alpha value is -0.910. The first-order chi connectivity index (χ1) is 8.40. The normalized spacial score (nSPS) is 13.6. The lowest BCUT2D eigenvalue weighted by Crippen LogP contribution is -2.32. The van der Waals surface area contributed by atoms with Crippen LogP contribution in [0.2, 0.25) is 0 Å². The van der Waals surface area contributed by atoms with Gasteiger partial charge in [0.05, 0.1) is 11.5 Å². The molecule has 0 aromatic heterocycles. The van der Waals surface area contributed by atoms with Crippen molar-refractivity contribution in [3.8, 4) is 0 Å². The van der Waals surface area contributed by atoms with Gasteiger partial charge in [0.15, 0.2) is 0 Å². The Morgan fingerprint density at radius 1 is 1.39 bits per heavy atom. The predicted molar refractivity (Wildman–Crippen MR) is 71.8 cm³/mol. The molecule has 1 aromatic rings. The predicted octanol–water partition coefficient (Wildman–Crippen LogP) is 1.95. The molecule has 0 saturated heterocycles. The minimum Gasteiger partial charge on any atom is -0.392 e. The van der Waals surface area contributed by atoms with E-state index in [4.69, 9.17) is 5.11 Å². The Kier molecular flexibility index (Phi) is 5.31. The summed E-state index contributed by atoms with van der Waals surface area (Å²) < 4.78 is 26.8. The van der Waals surface area contributed by atoms with E-state index in [-0.39, 0.29) is 17.5 Å². The van der Waals surface area contributed by atoms with Crippen LogP contribution in [0.15, 0.2) is 23.1 Å². The van der Waals surface area contributed by atoms with E-state index in [0.29, 0.717) is 5.56 Å². The van der Waals surface area contributed by atoms with Crippen molar-refractivity contribution in [1.82, 2.24) is 4.72 Å². The molecular weight excluding hydrogens is 250 g/mol. The molecule has 1 aromatic carbocycles. The summed E-state index contributed by atoms with van der Waals surface area (Å²) in [6.45, 7) is 5.55. The molecule has 1 rings (SSSR count). The molecule has 0 radical (unpaired) electrons. The molecule has 0 heterocycles. The topological polar surface area (TPSA) is 66.4 Å². The highest BCUT2D eigenvalue weighted by atomic mass is 32.2. The summed E-state index contributed by atoms with van der Waals surface area (Å²) >= 11 is 0. The first-order valence-electron chi connectivity index (χ1n) is 6.13. The second kappa shape index (κ2) is 6.31. The summed E-state index contributed by atoms with van der Waals surface area (Å²) in [4.78, 5) is 0.208. The Bertz CT molecular complexity index is 497. The van der Waals surface area contributed by atoms with Gasteiger partial charge in [-0.2, -0.15) is 0 Å². The number of aryl methyl sites for hydroxylation is 1. The number of benzene rings is 1. The van der Waals surface area contributed by atoms with Gasteiger partial charge in [-0.15, -0.1) is 0 Å². The van der Waals surface area contributed by atoms with Crippen molar-refractivity contribution >= 4 is 10.0 Å². The van der Waals surface area contributed by atoms with E-state index in [1.54, 1.807) is 12.1 Å². The third-order valence-electron chi connectivity index (χ3n) is 2.88. The van der Waals surface area contributed by atoms with E-state index in [9.17, 15) is 8.42 Å². The van der Waals surface area contributed by atoms with Crippen molar-refractivity contribution in [2.75, 3.05) is 0 Å². The summed E-state index contributed by atoms with van der Waals surface area (Å²) in [7, 11) is -3.49. The standard InChI is InChI=1S/C13H21NO3S/c1-4-5-11(3)14-18(16,17)13-7-6-10(2)12(8-13)9-15/h6-8,11,14-15H,4-5,9H2,1-3H3. The minimum absolute atomic E-state index is 0.0844. The van der Waals surface area contributed by atoms with Crippen LogP contribution in [0.25, 0.3) is 0 Å². The van der Waals surface area contributed by atoms with Crippen LogP contribution in [-0.2, 0) is 16.6 Å². The third-order valence-corrected chi connectivity index (χ3v) is 4.47. The summed E-state index contributed by atoms with van der Waals surface area (Å²) in [6, 6.07) is 4.72. The number of nitrogens with one attached hydrogen (secondary N) is 1. The first kappa shape index (κ1) is 15.1. The number of rotatable bonds is 6. The van der Waals surface area contributed by atoms with Crippen LogP contribution in [-0.4, -0.2) is 19.6 Å². The van der Waals surface area contributed by atoms with Crippen molar-refractivity contribution in [2.45, 2.75) is 51.2 Å². The second-order valence-electron chi connectivity index (χ2n) is 4.56. The highest BCUT2D eigenvalue weighted by molar-refractivity contribution is 7.89. The third kappa shape index (κ3) is 3.80. The van der Waals surface area contributed by atoms with Crippen LogP contribution in [0.5, 0.6) is 0 Å². The highest BCUT2D eigenvalue weighted by Gasteiger charge is 2.17. The number of hydrogen-bond acceptors (Lipinski definition) is 3. The average Bonchev–Trinajstić information content (AvgIpc) is 2.28. The summed E-state index contributed by atoms with van der Waals surface area (Å²) in [5.74, 6) is 0. The van der Waals surface area contributed by atoms with Crippen molar-refractivity contribution in [3.05, 3.63) is 29.3 Å². The Labute approximate surface area is 109 Å². The molecule has 0 spiro atoms. The van der Waals surface area contributed by atoms with Gasteiger partial charge in [-0.05, 0) is 43.5 Å². The molecule has 0 bridgehead atoms. The second-order valence-corrected chi connectivity index (χ2v) is 6.27. The zero-order chi connectivity index (χ0) is 13.8. The summed E-state index contributed by atoms with van der Waals surface area (Å²) in [5, 5.41) is 9.16. The van der Waals surface area contributed by atoms with Gasteiger partial charge in [0.25, 0.3) is 0 Å². The zero-order valence-electron chi connectivity index (χ0n) is 11.1. The Morgan fingerprint density at radius 2 is 2.06 bits per heavy atom. The van der Waals surface area contributed by atoms with E-state index < -0.39 is 10.0 Å². The molecule has 2 N–H and O–H groups in total. The fourth-order valence-electron chi connectivity index (χ4n) is 1.81. The number of hydrogen-bond donors (Lipinski definition) is 2. The molecule has 0 fully saturated rings. The number of aliphatic hydroxyl groups excluding tert-OH is 1. The fraction of sp³-hybridized carbons (Fsp3) is 0.538. The number of sulfonamides is 1. The molecule has 0 amide bonds. The van der Waals surface area contributed by atoms with Crippen molar-refractivity contribution in [3.63, 3.8) is 0 Å². The lowest BCUT2D eigenvalue weighted by atomic mass is 10.1. The van der Waals surface area contributed by atoms with E-state index in [2.05, 4.69) is 4.72 Å². The monoisotopic (exact) mass is 271 g/mol. The maximum atomic E-state index is 12.1.